The fourth-order valence-corrected chi connectivity index (χ4v) is 3.39. The number of hydrazone groups is 1. The number of rotatable bonds is 7. The van der Waals surface area contributed by atoms with Crippen molar-refractivity contribution in [1.82, 2.24) is 5.43 Å². The Labute approximate surface area is 185 Å². The number of nitrogens with zero attached hydrogens (tertiary/aromatic N) is 1. The van der Waals surface area contributed by atoms with Crippen LogP contribution in [0, 0.1) is 0 Å². The third kappa shape index (κ3) is 4.92. The number of ether oxygens (including phenoxy) is 1. The highest BCUT2D eigenvalue weighted by Crippen LogP contribution is 2.22. The van der Waals surface area contributed by atoms with Crippen LogP contribution in [0.1, 0.15) is 28.6 Å². The van der Waals surface area contributed by atoms with Gasteiger partial charge in [-0.05, 0) is 47.5 Å². The van der Waals surface area contributed by atoms with Gasteiger partial charge in [0.05, 0.1) is 24.8 Å². The predicted octanol–water partition coefficient (Wildman–Crippen LogP) is 4.97. The van der Waals surface area contributed by atoms with Crippen molar-refractivity contribution < 1.29 is 18.7 Å². The molecule has 6 heteroatoms. The van der Waals surface area contributed by atoms with Gasteiger partial charge in [-0.2, -0.15) is 5.10 Å². The standard InChI is InChI=1S/C26H22N2O4/c1-2-31-26(30)20-12-10-19(11-13-20)24-15-14-22(32-24)17-27-28-25(29)16-21-8-5-7-18-6-3-4-9-23(18)21/h3-15,17H,2,16H2,1H3,(H,28,29). The number of hydrogen-bond acceptors (Lipinski definition) is 5. The third-order valence-corrected chi connectivity index (χ3v) is 4.92. The van der Waals surface area contributed by atoms with Gasteiger partial charge in [0.15, 0.2) is 0 Å². The number of carbonyl (C=O) groups excluding carboxylic acids is 2. The number of benzene rings is 3. The van der Waals surface area contributed by atoms with E-state index in [2.05, 4.69) is 10.5 Å². The molecule has 0 fully saturated rings. The van der Waals surface area contributed by atoms with Gasteiger partial charge in [-0.1, -0.05) is 54.6 Å². The van der Waals surface area contributed by atoms with E-state index in [0.717, 1.165) is 21.9 Å². The molecule has 6 nitrogen and oxygen atoms in total. The van der Waals surface area contributed by atoms with Gasteiger partial charge in [0.1, 0.15) is 11.5 Å². The topological polar surface area (TPSA) is 80.9 Å². The zero-order valence-corrected chi connectivity index (χ0v) is 17.6. The molecule has 1 heterocycles. The second kappa shape index (κ2) is 9.75. The Hall–Kier alpha value is -4.19. The largest absolute Gasteiger partial charge is 0.462 e. The first-order valence-corrected chi connectivity index (χ1v) is 10.3. The van der Waals surface area contributed by atoms with Crippen LogP contribution >= 0.6 is 0 Å². The molecule has 1 aromatic heterocycles. The minimum absolute atomic E-state index is 0.209. The van der Waals surface area contributed by atoms with Crippen LogP contribution < -0.4 is 5.43 Å². The number of esters is 1. The summed E-state index contributed by atoms with van der Waals surface area (Å²) in [5.74, 6) is 0.563. The maximum Gasteiger partial charge on any atom is 0.338 e. The van der Waals surface area contributed by atoms with E-state index >= 15 is 0 Å². The molecule has 4 rings (SSSR count). The maximum absolute atomic E-state index is 12.3. The highest BCUT2D eigenvalue weighted by molar-refractivity contribution is 5.91. The molecule has 1 amide bonds. The number of carbonyl (C=O) groups is 2. The van der Waals surface area contributed by atoms with Crippen molar-refractivity contribution in [3.63, 3.8) is 0 Å². The minimum Gasteiger partial charge on any atom is -0.462 e. The Balaban J connectivity index is 1.36. The molecule has 0 aliphatic heterocycles. The second-order valence-corrected chi connectivity index (χ2v) is 7.11. The smallest absolute Gasteiger partial charge is 0.338 e. The molecular weight excluding hydrogens is 404 g/mol. The van der Waals surface area contributed by atoms with E-state index in [-0.39, 0.29) is 18.3 Å². The monoisotopic (exact) mass is 426 g/mol. The van der Waals surface area contributed by atoms with Gasteiger partial charge in [0.2, 0.25) is 5.91 Å². The molecule has 32 heavy (non-hydrogen) atoms. The van der Waals surface area contributed by atoms with E-state index in [1.165, 1.54) is 6.21 Å². The summed E-state index contributed by atoms with van der Waals surface area (Å²) in [4.78, 5) is 24.1. The van der Waals surface area contributed by atoms with Crippen LogP contribution in [0.2, 0.25) is 0 Å². The molecule has 0 unspecified atom stereocenters. The lowest BCUT2D eigenvalue weighted by Crippen LogP contribution is -2.19. The number of amides is 1. The first-order chi connectivity index (χ1) is 15.6. The summed E-state index contributed by atoms with van der Waals surface area (Å²) in [7, 11) is 0. The maximum atomic E-state index is 12.3. The second-order valence-electron chi connectivity index (χ2n) is 7.11. The molecule has 0 saturated heterocycles. The molecule has 0 atom stereocenters. The highest BCUT2D eigenvalue weighted by Gasteiger charge is 2.09. The molecular formula is C26H22N2O4. The summed E-state index contributed by atoms with van der Waals surface area (Å²) in [6.07, 6.45) is 1.69. The molecule has 160 valence electrons. The molecule has 0 aliphatic rings. The predicted molar refractivity (Wildman–Crippen MR) is 123 cm³/mol. The highest BCUT2D eigenvalue weighted by atomic mass is 16.5. The number of nitrogens with one attached hydrogen (secondary N) is 1. The quantitative estimate of drug-likeness (QED) is 0.257. The van der Waals surface area contributed by atoms with Gasteiger partial charge in [0, 0.05) is 5.56 Å². The van der Waals surface area contributed by atoms with Crippen LogP contribution in [-0.4, -0.2) is 24.7 Å². The lowest BCUT2D eigenvalue weighted by molar-refractivity contribution is -0.120. The average molecular weight is 426 g/mol. The van der Waals surface area contributed by atoms with E-state index in [4.69, 9.17) is 9.15 Å². The summed E-state index contributed by atoms with van der Waals surface area (Å²) >= 11 is 0. The summed E-state index contributed by atoms with van der Waals surface area (Å²) < 4.78 is 10.7. The van der Waals surface area contributed by atoms with Crippen molar-refractivity contribution in [3.05, 3.63) is 95.7 Å². The van der Waals surface area contributed by atoms with Crippen molar-refractivity contribution in [2.45, 2.75) is 13.3 Å². The third-order valence-electron chi connectivity index (χ3n) is 4.92. The van der Waals surface area contributed by atoms with E-state index < -0.39 is 0 Å². The lowest BCUT2D eigenvalue weighted by atomic mass is 10.0. The van der Waals surface area contributed by atoms with E-state index in [9.17, 15) is 9.59 Å². The van der Waals surface area contributed by atoms with Crippen LogP contribution in [-0.2, 0) is 16.0 Å². The van der Waals surface area contributed by atoms with Gasteiger partial charge in [-0.3, -0.25) is 4.79 Å². The van der Waals surface area contributed by atoms with Gasteiger partial charge in [-0.15, -0.1) is 0 Å². The van der Waals surface area contributed by atoms with Crippen LogP contribution in [0.3, 0.4) is 0 Å². The Kier molecular flexibility index (Phi) is 6.41. The SMILES string of the molecule is CCOC(=O)c1ccc(-c2ccc(C=NNC(=O)Cc3cccc4ccccc34)o2)cc1. The fraction of sp³-hybridized carbons (Fsp3) is 0.115. The Bertz CT molecular complexity index is 1270. The Morgan fingerprint density at radius 2 is 1.75 bits per heavy atom. The van der Waals surface area contributed by atoms with Crippen LogP contribution in [0.5, 0.6) is 0 Å². The van der Waals surface area contributed by atoms with Crippen LogP contribution in [0.25, 0.3) is 22.1 Å². The lowest BCUT2D eigenvalue weighted by Gasteiger charge is -2.05. The van der Waals surface area contributed by atoms with Crippen LogP contribution in [0.15, 0.2) is 88.4 Å². The Morgan fingerprint density at radius 1 is 0.969 bits per heavy atom. The Morgan fingerprint density at radius 3 is 2.56 bits per heavy atom. The summed E-state index contributed by atoms with van der Waals surface area (Å²) in [5.41, 5.74) is 4.79. The van der Waals surface area contributed by atoms with Crippen LogP contribution in [0.4, 0.5) is 0 Å². The molecule has 0 bridgehead atoms. The van der Waals surface area contributed by atoms with Gasteiger partial charge >= 0.3 is 5.97 Å². The van der Waals surface area contributed by atoms with Crippen molar-refractivity contribution in [3.8, 4) is 11.3 Å². The zero-order chi connectivity index (χ0) is 22.3. The first kappa shape index (κ1) is 21.1. The summed E-state index contributed by atoms with van der Waals surface area (Å²) in [6, 6.07) is 24.4. The van der Waals surface area contributed by atoms with Gasteiger partial charge < -0.3 is 9.15 Å². The number of hydrogen-bond donors (Lipinski definition) is 1. The number of fused-ring (bicyclic) bond motifs is 1. The molecule has 1 N–H and O–H groups in total. The minimum atomic E-state index is -0.356. The average Bonchev–Trinajstić information content (AvgIpc) is 3.28. The molecule has 0 radical (unpaired) electrons. The van der Waals surface area contributed by atoms with E-state index in [1.54, 1.807) is 43.3 Å². The van der Waals surface area contributed by atoms with Gasteiger partial charge in [0.25, 0.3) is 0 Å². The van der Waals surface area contributed by atoms with Crippen molar-refractivity contribution in [1.29, 1.82) is 0 Å². The molecule has 0 aliphatic carbocycles. The summed E-state index contributed by atoms with van der Waals surface area (Å²) in [6.45, 7) is 2.10. The van der Waals surface area contributed by atoms with E-state index in [1.807, 2.05) is 42.5 Å². The summed E-state index contributed by atoms with van der Waals surface area (Å²) in [5, 5.41) is 6.15. The number of furan rings is 1. The zero-order valence-electron chi connectivity index (χ0n) is 17.6. The molecule has 3 aromatic carbocycles. The van der Waals surface area contributed by atoms with Crippen molar-refractivity contribution in [2.75, 3.05) is 6.61 Å². The van der Waals surface area contributed by atoms with Gasteiger partial charge in [-0.25, -0.2) is 10.2 Å². The first-order valence-electron chi connectivity index (χ1n) is 10.3. The molecule has 0 saturated carbocycles. The van der Waals surface area contributed by atoms with E-state index in [0.29, 0.717) is 23.7 Å². The normalized spacial score (nSPS) is 11.0. The molecule has 0 spiro atoms. The fourth-order valence-electron chi connectivity index (χ4n) is 3.39. The van der Waals surface area contributed by atoms with Crippen molar-refractivity contribution in [2.24, 2.45) is 5.10 Å². The molecule has 4 aromatic rings. The van der Waals surface area contributed by atoms with Crippen molar-refractivity contribution >= 4 is 28.9 Å².